The molecule has 4 aromatic rings. The van der Waals surface area contributed by atoms with Crippen molar-refractivity contribution in [3.05, 3.63) is 66.8 Å². The summed E-state index contributed by atoms with van der Waals surface area (Å²) in [5.41, 5.74) is 2.07. The molecule has 0 amide bonds. The van der Waals surface area contributed by atoms with Gasteiger partial charge in [0.15, 0.2) is 18.0 Å². The fraction of sp³-hybridized carbons (Fsp3) is 0.105. The van der Waals surface area contributed by atoms with E-state index in [1.165, 1.54) is 18.5 Å². The third kappa shape index (κ3) is 3.32. The fourth-order valence-electron chi connectivity index (χ4n) is 2.84. The van der Waals surface area contributed by atoms with Crippen molar-refractivity contribution in [2.45, 2.75) is 18.2 Å². The molecule has 0 bridgehead atoms. The van der Waals surface area contributed by atoms with Crippen LogP contribution in [0, 0.1) is 0 Å². The summed E-state index contributed by atoms with van der Waals surface area (Å²) in [5, 5.41) is 9.80. The number of hydrogen-bond acceptors (Lipinski definition) is 6. The van der Waals surface area contributed by atoms with Gasteiger partial charge in [-0.15, -0.1) is 5.10 Å². The average Bonchev–Trinajstić information content (AvgIpc) is 3.34. The fourth-order valence-corrected chi connectivity index (χ4v) is 3.35. The van der Waals surface area contributed by atoms with Crippen LogP contribution in [-0.2, 0) is 16.4 Å². The summed E-state index contributed by atoms with van der Waals surface area (Å²) < 4.78 is 30.1. The first-order valence-corrected chi connectivity index (χ1v) is 10.1. The first kappa shape index (κ1) is 18.1. The Morgan fingerprint density at radius 3 is 2.43 bits per heavy atom. The van der Waals surface area contributed by atoms with Gasteiger partial charge in [0.2, 0.25) is 10.0 Å². The van der Waals surface area contributed by atoms with Crippen LogP contribution < -0.4 is 5.14 Å². The Labute approximate surface area is 161 Å². The Morgan fingerprint density at radius 1 is 1.07 bits per heavy atom. The summed E-state index contributed by atoms with van der Waals surface area (Å²) in [6.45, 7) is 1.96. The molecule has 0 aliphatic heterocycles. The summed E-state index contributed by atoms with van der Waals surface area (Å²) in [7, 11) is -3.78. The van der Waals surface area contributed by atoms with E-state index in [1.54, 1.807) is 16.8 Å². The van der Waals surface area contributed by atoms with Crippen molar-refractivity contribution in [2.75, 3.05) is 0 Å². The maximum absolute atomic E-state index is 11.5. The second-order valence-electron chi connectivity index (χ2n) is 6.05. The van der Waals surface area contributed by atoms with Crippen LogP contribution in [0.25, 0.3) is 28.6 Å². The Balaban J connectivity index is 1.89. The number of aryl methyl sites for hydroxylation is 1. The number of sulfonamides is 1. The second kappa shape index (κ2) is 7.02. The van der Waals surface area contributed by atoms with Gasteiger partial charge in [-0.3, -0.25) is 0 Å². The zero-order valence-electron chi connectivity index (χ0n) is 15.0. The van der Waals surface area contributed by atoms with Crippen LogP contribution >= 0.6 is 0 Å². The summed E-state index contributed by atoms with van der Waals surface area (Å²) in [4.78, 5) is 8.99. The highest BCUT2D eigenvalue weighted by atomic mass is 32.2. The molecule has 8 nitrogen and oxygen atoms in total. The van der Waals surface area contributed by atoms with E-state index in [2.05, 4.69) is 15.1 Å². The van der Waals surface area contributed by atoms with E-state index in [4.69, 9.17) is 9.56 Å². The van der Waals surface area contributed by atoms with Crippen molar-refractivity contribution >= 4 is 10.0 Å². The minimum Gasteiger partial charge on any atom is -0.448 e. The molecule has 0 saturated heterocycles. The van der Waals surface area contributed by atoms with Gasteiger partial charge in [0, 0.05) is 12.0 Å². The highest BCUT2D eigenvalue weighted by molar-refractivity contribution is 7.89. The second-order valence-corrected chi connectivity index (χ2v) is 7.61. The number of nitrogens with two attached hydrogens (primary N) is 1. The topological polar surface area (TPSA) is 117 Å². The minimum absolute atomic E-state index is 0.0249. The molecule has 28 heavy (non-hydrogen) atoms. The largest absolute Gasteiger partial charge is 0.448 e. The lowest BCUT2D eigenvalue weighted by molar-refractivity contribution is 0.510. The predicted octanol–water partition coefficient (Wildman–Crippen LogP) is 2.80. The van der Waals surface area contributed by atoms with E-state index >= 15 is 0 Å². The number of oxazole rings is 1. The third-order valence-corrected chi connectivity index (χ3v) is 5.15. The minimum atomic E-state index is -3.78. The van der Waals surface area contributed by atoms with E-state index in [-0.39, 0.29) is 4.90 Å². The first-order valence-electron chi connectivity index (χ1n) is 8.56. The van der Waals surface area contributed by atoms with Crippen LogP contribution in [0.2, 0.25) is 0 Å². The van der Waals surface area contributed by atoms with Crippen LogP contribution in [-0.4, -0.2) is 28.2 Å². The molecule has 0 aliphatic rings. The molecule has 2 N–H and O–H groups in total. The van der Waals surface area contributed by atoms with Crippen molar-refractivity contribution in [1.29, 1.82) is 0 Å². The molecule has 4 rings (SSSR count). The molecule has 0 spiro atoms. The van der Waals surface area contributed by atoms with Gasteiger partial charge in [-0.25, -0.2) is 28.2 Å². The van der Waals surface area contributed by atoms with Crippen LogP contribution in [0.15, 0.2) is 70.3 Å². The Bertz CT molecular complexity index is 1210. The van der Waals surface area contributed by atoms with Gasteiger partial charge >= 0.3 is 0 Å². The van der Waals surface area contributed by atoms with Crippen molar-refractivity contribution < 1.29 is 12.8 Å². The molecule has 0 radical (unpaired) electrons. The number of rotatable bonds is 5. The zero-order chi connectivity index (χ0) is 19.7. The monoisotopic (exact) mass is 395 g/mol. The third-order valence-electron chi connectivity index (χ3n) is 4.22. The summed E-state index contributed by atoms with van der Waals surface area (Å²) in [5.74, 6) is 1.72. The highest BCUT2D eigenvalue weighted by Gasteiger charge is 2.20. The molecule has 0 atom stereocenters. The Hall–Kier alpha value is -3.30. The predicted molar refractivity (Wildman–Crippen MR) is 103 cm³/mol. The molecule has 2 heterocycles. The van der Waals surface area contributed by atoms with Gasteiger partial charge in [0.25, 0.3) is 0 Å². The maximum Gasteiger partial charge on any atom is 0.238 e. The number of benzene rings is 2. The lowest BCUT2D eigenvalue weighted by Crippen LogP contribution is -2.12. The van der Waals surface area contributed by atoms with Gasteiger partial charge in [-0.2, -0.15) is 0 Å². The molecule has 2 aromatic heterocycles. The summed E-state index contributed by atoms with van der Waals surface area (Å²) >= 11 is 0. The number of hydrogen-bond donors (Lipinski definition) is 1. The van der Waals surface area contributed by atoms with Gasteiger partial charge in [0.1, 0.15) is 11.5 Å². The normalized spacial score (nSPS) is 11.6. The lowest BCUT2D eigenvalue weighted by atomic mass is 10.2. The van der Waals surface area contributed by atoms with Gasteiger partial charge in [0.05, 0.1) is 10.6 Å². The van der Waals surface area contributed by atoms with Crippen molar-refractivity contribution in [3.63, 3.8) is 0 Å². The summed E-state index contributed by atoms with van der Waals surface area (Å²) in [6, 6.07) is 15.7. The maximum atomic E-state index is 11.5. The zero-order valence-corrected chi connectivity index (χ0v) is 15.8. The highest BCUT2D eigenvalue weighted by Crippen LogP contribution is 2.27. The van der Waals surface area contributed by atoms with Crippen LogP contribution in [0.1, 0.15) is 12.7 Å². The van der Waals surface area contributed by atoms with E-state index in [0.717, 1.165) is 5.56 Å². The number of nitrogens with zero attached hydrogens (tertiary/aromatic N) is 4. The van der Waals surface area contributed by atoms with Crippen molar-refractivity contribution in [3.8, 4) is 28.6 Å². The molecular weight excluding hydrogens is 378 g/mol. The molecule has 0 aliphatic carbocycles. The Kier molecular flexibility index (Phi) is 4.54. The van der Waals surface area contributed by atoms with Gasteiger partial charge in [-0.05, 0) is 24.3 Å². The lowest BCUT2D eigenvalue weighted by Gasteiger charge is -2.06. The quantitative estimate of drug-likeness (QED) is 0.555. The smallest absolute Gasteiger partial charge is 0.238 e. The molecule has 142 valence electrons. The first-order chi connectivity index (χ1) is 13.5. The van der Waals surface area contributed by atoms with Crippen LogP contribution in [0.5, 0.6) is 0 Å². The molecule has 0 unspecified atom stereocenters. The standard InChI is InChI=1S/C19H17N5O3S/c1-2-16-17(21-12-27-16)19-22-18(13-6-4-3-5-7-13)23-24(19)14-8-10-15(11-9-14)28(20,25)26/h3-12H,2H2,1H3,(H2,20,25,26). The van der Waals surface area contributed by atoms with Crippen molar-refractivity contribution in [1.82, 2.24) is 19.7 Å². The van der Waals surface area contributed by atoms with E-state index in [1.807, 2.05) is 37.3 Å². The SMILES string of the molecule is CCc1ocnc1-c1nc(-c2ccccc2)nn1-c1ccc(S(N)(=O)=O)cc1. The van der Waals surface area contributed by atoms with Gasteiger partial charge < -0.3 is 4.42 Å². The molecule has 0 saturated carbocycles. The summed E-state index contributed by atoms with van der Waals surface area (Å²) in [6.07, 6.45) is 2.02. The molecular formula is C19H17N5O3S. The molecule has 0 fully saturated rings. The average molecular weight is 395 g/mol. The van der Waals surface area contributed by atoms with Gasteiger partial charge in [-0.1, -0.05) is 37.3 Å². The Morgan fingerprint density at radius 2 is 1.79 bits per heavy atom. The van der Waals surface area contributed by atoms with Crippen LogP contribution in [0.4, 0.5) is 0 Å². The van der Waals surface area contributed by atoms with E-state index in [9.17, 15) is 8.42 Å². The van der Waals surface area contributed by atoms with Crippen LogP contribution in [0.3, 0.4) is 0 Å². The molecule has 2 aromatic carbocycles. The number of aromatic nitrogens is 4. The van der Waals surface area contributed by atoms with E-state index in [0.29, 0.717) is 35.2 Å². The van der Waals surface area contributed by atoms with E-state index < -0.39 is 10.0 Å². The number of primary sulfonamides is 1. The van der Waals surface area contributed by atoms with Crippen molar-refractivity contribution in [2.24, 2.45) is 5.14 Å². The molecule has 9 heteroatoms.